The SMILES string of the molecule is CCCCCCCCCCNCc1c(O)cc2c(c1O)-c1cc(ccc1O)[C@H]1NC(=O)[C@@H]3NC(=O)[C@H]4NC(=O)[C@@H](Cc5ccc(c(Cl)c5)Oc5cc3cc(c5O)Oc3ccc(cc3Cl)[C@@H](O)[C@H](NC1=O)C(=O)N[C@@H]2C(=O)NCCCN(C)C)NC(=O)[C@@H](NC(=O)[C@@H](N)CCCCN)c1ccc(O)c(c1)Oc1cc(O)cc4c1. The van der Waals surface area contributed by atoms with E-state index >= 15 is 28.8 Å². The zero-order valence-electron chi connectivity index (χ0n) is 61.8. The minimum atomic E-state index is -2.21. The van der Waals surface area contributed by atoms with E-state index in [0.717, 1.165) is 87.8 Å². The van der Waals surface area contributed by atoms with Crippen molar-refractivity contribution in [1.29, 1.82) is 0 Å². The number of rotatable bonds is 22. The number of carbonyl (C=O) groups excluding carboxylic acids is 8. The molecule has 112 heavy (non-hydrogen) atoms. The van der Waals surface area contributed by atoms with Gasteiger partial charge in [-0.2, -0.15) is 0 Å². The minimum Gasteiger partial charge on any atom is -0.508 e. The van der Waals surface area contributed by atoms with Crippen molar-refractivity contribution >= 4 is 70.5 Å². The lowest BCUT2D eigenvalue weighted by atomic mass is 9.87. The fraction of sp³-hybridized carbons (Fsp3) is 0.375. The summed E-state index contributed by atoms with van der Waals surface area (Å²) in [5.41, 5.74) is 10.3. The van der Waals surface area contributed by atoms with Crippen LogP contribution in [-0.4, -0.2) is 146 Å². The molecule has 6 heterocycles. The van der Waals surface area contributed by atoms with Crippen LogP contribution < -0.4 is 73.5 Å². The van der Waals surface area contributed by atoms with Gasteiger partial charge in [0.2, 0.25) is 53.0 Å². The summed E-state index contributed by atoms with van der Waals surface area (Å²) < 4.78 is 18.9. The van der Waals surface area contributed by atoms with Gasteiger partial charge in [-0.3, -0.25) is 38.4 Å². The molecule has 0 aliphatic carbocycles. The summed E-state index contributed by atoms with van der Waals surface area (Å²) in [6, 6.07) is 6.78. The van der Waals surface area contributed by atoms with Gasteiger partial charge in [0.25, 0.3) is 0 Å². The van der Waals surface area contributed by atoms with Gasteiger partial charge in [-0.1, -0.05) is 106 Å². The first-order valence-corrected chi connectivity index (χ1v) is 37.9. The molecule has 6 aliphatic heterocycles. The summed E-state index contributed by atoms with van der Waals surface area (Å²) in [5, 5.41) is 109. The fourth-order valence-electron chi connectivity index (χ4n) is 13.8. The number of phenolic OH excluding ortho intramolecular Hbond substituents is 6. The Bertz CT molecular complexity index is 4720. The van der Waals surface area contributed by atoms with Crippen LogP contribution in [0.5, 0.6) is 69.0 Å². The molecule has 7 aromatic carbocycles. The van der Waals surface area contributed by atoms with E-state index in [-0.39, 0.29) is 108 Å². The average Bonchev–Trinajstić information content (AvgIpc) is 0.754. The van der Waals surface area contributed by atoms with E-state index in [2.05, 4.69) is 54.8 Å². The summed E-state index contributed by atoms with van der Waals surface area (Å²) in [6.07, 6.45) is 7.24. The number of unbranched alkanes of at least 4 members (excludes halogenated alkanes) is 8. The predicted octanol–water partition coefficient (Wildman–Crippen LogP) is 7.81. The van der Waals surface area contributed by atoms with Gasteiger partial charge in [0.05, 0.1) is 21.7 Å². The van der Waals surface area contributed by atoms with E-state index in [1.807, 2.05) is 19.0 Å². The van der Waals surface area contributed by atoms with Crippen molar-refractivity contribution in [2.75, 3.05) is 40.3 Å². The smallest absolute Gasteiger partial charge is 0.248 e. The summed E-state index contributed by atoms with van der Waals surface area (Å²) >= 11 is 14.1. The first kappa shape index (κ1) is 81.9. The minimum absolute atomic E-state index is 0.0186. The maximum absolute atomic E-state index is 16.3. The molecule has 0 spiro atoms. The van der Waals surface area contributed by atoms with Crippen LogP contribution in [0.15, 0.2) is 109 Å². The van der Waals surface area contributed by atoms with E-state index in [0.29, 0.717) is 38.9 Å². The molecule has 6 aliphatic rings. The van der Waals surface area contributed by atoms with Gasteiger partial charge in [0.15, 0.2) is 23.0 Å². The fourth-order valence-corrected chi connectivity index (χ4v) is 14.3. The van der Waals surface area contributed by atoms with Crippen LogP contribution in [0.1, 0.15) is 165 Å². The van der Waals surface area contributed by atoms with Gasteiger partial charge in [0, 0.05) is 36.7 Å². The molecule has 7 aromatic rings. The lowest BCUT2D eigenvalue weighted by Crippen LogP contribution is -2.56. The quantitative estimate of drug-likeness (QED) is 0.0287. The van der Waals surface area contributed by atoms with E-state index in [1.165, 1.54) is 72.8 Å². The molecule has 17 bridgehead atoms. The lowest BCUT2D eigenvalue weighted by molar-refractivity contribution is -0.137. The Kier molecular flexibility index (Phi) is 26.9. The van der Waals surface area contributed by atoms with Crippen molar-refractivity contribution in [2.24, 2.45) is 11.5 Å². The van der Waals surface area contributed by atoms with Crippen molar-refractivity contribution in [2.45, 2.75) is 151 Å². The number of ether oxygens (including phenoxy) is 3. The first-order chi connectivity index (χ1) is 53.7. The van der Waals surface area contributed by atoms with Crippen molar-refractivity contribution in [3.05, 3.63) is 164 Å². The molecule has 30 nitrogen and oxygen atoms in total. The molecular formula is C80H92Cl2N12O18. The second-order valence-electron chi connectivity index (χ2n) is 28.5. The predicted molar refractivity (Wildman–Crippen MR) is 413 cm³/mol. The highest BCUT2D eigenvalue weighted by Crippen LogP contribution is 2.49. The Morgan fingerprint density at radius 1 is 0.562 bits per heavy atom. The van der Waals surface area contributed by atoms with E-state index < -0.39 is 154 Å². The number of halogens is 2. The molecule has 9 atom stereocenters. The molecule has 0 aromatic heterocycles. The molecule has 0 unspecified atom stereocenters. The number of fused-ring (bicyclic) bond motifs is 14. The van der Waals surface area contributed by atoms with Gasteiger partial charge in [-0.25, -0.2) is 0 Å². The zero-order valence-corrected chi connectivity index (χ0v) is 63.3. The van der Waals surface area contributed by atoms with Crippen LogP contribution in [0.4, 0.5) is 0 Å². The molecule has 0 radical (unpaired) electrons. The summed E-state index contributed by atoms with van der Waals surface area (Å²) in [7, 11) is 3.65. The molecule has 13 rings (SSSR count). The second kappa shape index (κ2) is 36.8. The van der Waals surface area contributed by atoms with Crippen LogP contribution in [-0.2, 0) is 51.3 Å². The summed E-state index contributed by atoms with van der Waals surface area (Å²) in [5.74, 6) is -14.7. The Labute approximate surface area is 655 Å². The number of nitrogens with zero attached hydrogens (tertiary/aromatic N) is 1. The number of nitrogens with one attached hydrogen (secondary N) is 9. The van der Waals surface area contributed by atoms with Gasteiger partial charge < -0.3 is 114 Å². The van der Waals surface area contributed by atoms with Crippen LogP contribution in [0.25, 0.3) is 11.1 Å². The van der Waals surface area contributed by atoms with Crippen molar-refractivity contribution in [3.63, 3.8) is 0 Å². The monoisotopic (exact) mass is 1580 g/mol. The first-order valence-electron chi connectivity index (χ1n) is 37.1. The topological polar surface area (TPSA) is 469 Å². The number of hydrogen-bond acceptors (Lipinski definition) is 22. The molecule has 32 heteroatoms. The van der Waals surface area contributed by atoms with Gasteiger partial charge >= 0.3 is 0 Å². The summed E-state index contributed by atoms with van der Waals surface area (Å²) in [6.45, 7) is 3.30. The number of nitrogens with two attached hydrogens (primary N) is 2. The van der Waals surface area contributed by atoms with Gasteiger partial charge in [-0.05, 0) is 177 Å². The number of benzene rings is 7. The molecule has 20 N–H and O–H groups in total. The van der Waals surface area contributed by atoms with E-state index in [9.17, 15) is 45.3 Å². The number of aliphatic hydroxyl groups excluding tert-OH is 1. The molecule has 0 fully saturated rings. The third kappa shape index (κ3) is 19.4. The number of aliphatic hydroxyl groups is 1. The van der Waals surface area contributed by atoms with Gasteiger partial charge in [-0.15, -0.1) is 0 Å². The van der Waals surface area contributed by atoms with E-state index in [1.54, 1.807) is 0 Å². The Morgan fingerprint density at radius 2 is 1.18 bits per heavy atom. The molecular weight excluding hydrogens is 1490 g/mol. The average molecular weight is 1580 g/mol. The Hall–Kier alpha value is -11.1. The zero-order chi connectivity index (χ0) is 80.2. The second-order valence-corrected chi connectivity index (χ2v) is 29.3. The van der Waals surface area contributed by atoms with Crippen LogP contribution in [0.2, 0.25) is 10.0 Å². The van der Waals surface area contributed by atoms with Crippen LogP contribution in [0.3, 0.4) is 0 Å². The maximum Gasteiger partial charge on any atom is 0.248 e. The number of phenols is 6. The molecule has 0 saturated heterocycles. The van der Waals surface area contributed by atoms with Crippen LogP contribution >= 0.6 is 23.2 Å². The highest BCUT2D eigenvalue weighted by Gasteiger charge is 2.42. The van der Waals surface area contributed by atoms with Crippen LogP contribution in [0, 0.1) is 0 Å². The highest BCUT2D eigenvalue weighted by molar-refractivity contribution is 6.32. The third-order valence-electron chi connectivity index (χ3n) is 19.9. The molecule has 8 amide bonds. The van der Waals surface area contributed by atoms with Crippen molar-refractivity contribution < 1.29 is 88.3 Å². The number of hydrogen-bond donors (Lipinski definition) is 18. The Morgan fingerprint density at radius 3 is 1.86 bits per heavy atom. The Balaban J connectivity index is 1.08. The van der Waals surface area contributed by atoms with Crippen molar-refractivity contribution in [1.82, 2.24) is 52.8 Å². The van der Waals surface area contributed by atoms with Gasteiger partial charge in [0.1, 0.15) is 88.6 Å². The standard InChI is InChI=1S/C80H92Cl2N12O18/c1-4-5-6-7-8-9-10-13-25-85-39-50-57(98)38-49-63(71(50)100)48-32-41(17-20-55(48)96)64-77(106)93-69(80(109)92-68(49)75(104)86-26-14-27-94(2)3)70(99)43-19-23-59(52(82)33-43)112-62-36-45-35-61(72(62)101)111-58-22-16-40(28-51(58)81)29-54-74(103)89-66(78(107)91-67(45)79(108)90-64)44-30-46(95)37-47(31-44)110-60-34-42(18-21-56(60)97)65(76(105)87-54)88-73(102)53(84)15-11-12-24-83/h16-23,28,30-38,53-54,64-70,85,95-101H,4-15,24-27,29,39,83-84H2,1-3H3,(H,86,104)(H,87,105)(H,88,102)(H,89,103)(H,90,108)(H,91,107)(H,92,109)(H,93,106)/t53-,54+,64+,65-,66-,67+,68-,69-,70+/m0/s1. The van der Waals surface area contributed by atoms with Crippen molar-refractivity contribution in [3.8, 4) is 80.1 Å². The number of amides is 8. The number of aromatic hydroxyl groups is 6. The largest absolute Gasteiger partial charge is 0.508 e. The third-order valence-corrected chi connectivity index (χ3v) is 20.5. The number of carbonyl (C=O) groups is 8. The normalized spacial score (nSPS) is 19.9. The molecule has 594 valence electrons. The highest BCUT2D eigenvalue weighted by atomic mass is 35.5. The maximum atomic E-state index is 16.3. The van der Waals surface area contributed by atoms with E-state index in [4.69, 9.17) is 48.9 Å². The molecule has 0 saturated carbocycles. The lowest BCUT2D eigenvalue weighted by Gasteiger charge is -2.32. The summed E-state index contributed by atoms with van der Waals surface area (Å²) in [4.78, 5) is 125.